The molecule has 0 fully saturated rings. The molecule has 16 heteroatoms. The number of rotatable bonds is 8. The molecule has 0 saturated heterocycles. The molecule has 2 aromatic heterocycles. The Labute approximate surface area is 234 Å². The Morgan fingerprint density at radius 3 is 2.48 bits per heavy atom. The fraction of sp³-hybridized carbons (Fsp3) is 0.167. The highest BCUT2D eigenvalue weighted by Crippen LogP contribution is 2.43. The highest BCUT2D eigenvalue weighted by atomic mass is 35.5. The standard InChI is InChI=1S/C24H18ClF4N5O4S2/c1-3-23(35)34(22-7-5-14(11-30-22)40(36,37)33-21-12-31-39-32-21)19-10-17(25)15(9-20(19)38-2)13-4-6-18(26)16(8-13)24(27,28)29/h4-12H,3H2,1-2H3,(H,32,33). The van der Waals surface area contributed by atoms with Crippen LogP contribution in [0.15, 0.2) is 59.8 Å². The molecule has 0 spiro atoms. The van der Waals surface area contributed by atoms with Crippen molar-refractivity contribution in [3.63, 3.8) is 0 Å². The Morgan fingerprint density at radius 1 is 1.15 bits per heavy atom. The summed E-state index contributed by atoms with van der Waals surface area (Å²) in [4.78, 5) is 18.1. The van der Waals surface area contributed by atoms with E-state index in [1.165, 1.54) is 37.6 Å². The van der Waals surface area contributed by atoms with E-state index >= 15 is 0 Å². The summed E-state index contributed by atoms with van der Waals surface area (Å²) < 4.78 is 94.1. The van der Waals surface area contributed by atoms with Crippen molar-refractivity contribution in [2.24, 2.45) is 0 Å². The molecule has 0 atom stereocenters. The monoisotopic (exact) mass is 615 g/mol. The van der Waals surface area contributed by atoms with Crippen molar-refractivity contribution in [3.8, 4) is 16.9 Å². The molecule has 0 bridgehead atoms. The van der Waals surface area contributed by atoms with Crippen molar-refractivity contribution < 1.29 is 35.5 Å². The van der Waals surface area contributed by atoms with E-state index in [1.54, 1.807) is 6.92 Å². The number of sulfonamides is 1. The lowest BCUT2D eigenvalue weighted by Crippen LogP contribution is -2.26. The summed E-state index contributed by atoms with van der Waals surface area (Å²) in [5, 5.41) is -0.0651. The van der Waals surface area contributed by atoms with Gasteiger partial charge in [0, 0.05) is 18.2 Å². The summed E-state index contributed by atoms with van der Waals surface area (Å²) in [6.07, 6.45) is -2.66. The second kappa shape index (κ2) is 11.3. The minimum Gasteiger partial charge on any atom is -0.495 e. The van der Waals surface area contributed by atoms with Crippen LogP contribution < -0.4 is 14.4 Å². The number of carbonyl (C=O) groups is 1. The number of ether oxygens (including phenoxy) is 1. The number of halogens is 5. The van der Waals surface area contributed by atoms with Gasteiger partial charge in [0.2, 0.25) is 5.91 Å². The van der Waals surface area contributed by atoms with Crippen LogP contribution in [0.2, 0.25) is 5.02 Å². The molecular weight excluding hydrogens is 598 g/mol. The maximum atomic E-state index is 13.8. The fourth-order valence-electron chi connectivity index (χ4n) is 3.63. The number of hydrogen-bond donors (Lipinski definition) is 1. The van der Waals surface area contributed by atoms with E-state index in [9.17, 15) is 30.8 Å². The summed E-state index contributed by atoms with van der Waals surface area (Å²) in [5.74, 6) is -1.83. The van der Waals surface area contributed by atoms with Gasteiger partial charge in [0.05, 0.1) is 41.3 Å². The van der Waals surface area contributed by atoms with Crippen molar-refractivity contribution >= 4 is 56.6 Å². The number of alkyl halides is 3. The minimum atomic E-state index is -4.93. The zero-order chi connectivity index (χ0) is 29.2. The van der Waals surface area contributed by atoms with Gasteiger partial charge < -0.3 is 4.74 Å². The largest absolute Gasteiger partial charge is 0.495 e. The molecule has 40 heavy (non-hydrogen) atoms. The van der Waals surface area contributed by atoms with Crippen LogP contribution in [0.1, 0.15) is 18.9 Å². The van der Waals surface area contributed by atoms with E-state index in [4.69, 9.17) is 16.3 Å². The summed E-state index contributed by atoms with van der Waals surface area (Å²) in [6.45, 7) is 1.58. The van der Waals surface area contributed by atoms with E-state index < -0.39 is 33.5 Å². The molecule has 1 amide bonds. The molecule has 4 rings (SSSR count). The van der Waals surface area contributed by atoms with Gasteiger partial charge in [0.15, 0.2) is 5.82 Å². The van der Waals surface area contributed by atoms with Crippen LogP contribution in [0.25, 0.3) is 11.1 Å². The number of anilines is 3. The topological polar surface area (TPSA) is 114 Å². The van der Waals surface area contributed by atoms with Crippen LogP contribution >= 0.6 is 23.3 Å². The Bertz CT molecular complexity index is 1650. The lowest BCUT2D eigenvalue weighted by molar-refractivity contribution is -0.140. The highest BCUT2D eigenvalue weighted by molar-refractivity contribution is 7.92. The van der Waals surface area contributed by atoms with Gasteiger partial charge in [-0.2, -0.15) is 21.9 Å². The third kappa shape index (κ3) is 6.00. The highest BCUT2D eigenvalue weighted by Gasteiger charge is 2.34. The van der Waals surface area contributed by atoms with Gasteiger partial charge in [-0.1, -0.05) is 24.6 Å². The Balaban J connectivity index is 1.76. The summed E-state index contributed by atoms with van der Waals surface area (Å²) in [5.41, 5.74) is -1.32. The first-order valence-corrected chi connectivity index (χ1v) is 13.8. The molecule has 2 aromatic carbocycles. The summed E-state index contributed by atoms with van der Waals surface area (Å²) in [6, 6.07) is 7.56. The van der Waals surface area contributed by atoms with E-state index in [-0.39, 0.29) is 50.5 Å². The molecule has 0 aliphatic rings. The van der Waals surface area contributed by atoms with E-state index in [0.29, 0.717) is 12.1 Å². The molecule has 0 saturated carbocycles. The van der Waals surface area contributed by atoms with Gasteiger partial charge in [-0.05, 0) is 42.0 Å². The Kier molecular flexibility index (Phi) is 8.28. The summed E-state index contributed by atoms with van der Waals surface area (Å²) in [7, 11) is -2.78. The van der Waals surface area contributed by atoms with Gasteiger partial charge in [-0.15, -0.1) is 0 Å². The zero-order valence-electron chi connectivity index (χ0n) is 20.5. The first-order chi connectivity index (χ1) is 18.9. The number of nitrogens with zero attached hydrogens (tertiary/aromatic N) is 4. The van der Waals surface area contributed by atoms with Gasteiger partial charge >= 0.3 is 6.18 Å². The fourth-order valence-corrected chi connectivity index (χ4v) is 5.26. The predicted octanol–water partition coefficient (Wildman–Crippen LogP) is 6.30. The average Bonchev–Trinajstić information content (AvgIpc) is 3.41. The van der Waals surface area contributed by atoms with Gasteiger partial charge in [0.1, 0.15) is 22.3 Å². The van der Waals surface area contributed by atoms with Crippen LogP contribution in [0.3, 0.4) is 0 Å². The van der Waals surface area contributed by atoms with E-state index in [2.05, 4.69) is 18.5 Å². The number of benzene rings is 2. The van der Waals surface area contributed by atoms with Crippen molar-refractivity contribution in [2.75, 3.05) is 16.7 Å². The number of methoxy groups -OCH3 is 1. The number of aromatic nitrogens is 3. The van der Waals surface area contributed by atoms with Crippen LogP contribution in [0.4, 0.5) is 34.9 Å². The zero-order valence-corrected chi connectivity index (χ0v) is 22.9. The van der Waals surface area contributed by atoms with Crippen LogP contribution in [0.5, 0.6) is 5.75 Å². The van der Waals surface area contributed by atoms with Crippen LogP contribution in [-0.4, -0.2) is 35.2 Å². The van der Waals surface area contributed by atoms with Crippen LogP contribution in [-0.2, 0) is 21.0 Å². The molecule has 9 nitrogen and oxygen atoms in total. The lowest BCUT2D eigenvalue weighted by atomic mass is 10.0. The van der Waals surface area contributed by atoms with Crippen molar-refractivity contribution in [3.05, 3.63) is 71.3 Å². The Hall–Kier alpha value is -3.82. The second-order valence-electron chi connectivity index (χ2n) is 8.03. The normalized spacial score (nSPS) is 11.8. The third-order valence-corrected chi connectivity index (χ3v) is 7.64. The third-order valence-electron chi connectivity index (χ3n) is 5.50. The molecule has 210 valence electrons. The molecule has 2 heterocycles. The number of carbonyl (C=O) groups excluding carboxylic acids is 1. The first-order valence-electron chi connectivity index (χ1n) is 11.2. The van der Waals surface area contributed by atoms with Crippen LogP contribution in [0, 0.1) is 5.82 Å². The number of pyridine rings is 1. The van der Waals surface area contributed by atoms with Gasteiger partial charge in [0.25, 0.3) is 10.0 Å². The second-order valence-corrected chi connectivity index (χ2v) is 10.7. The molecular formula is C24H18ClF4N5O4S2. The summed E-state index contributed by atoms with van der Waals surface area (Å²) >= 11 is 7.26. The SMILES string of the molecule is CCC(=O)N(c1ccc(S(=O)(=O)Nc2cnsn2)cn1)c1cc(Cl)c(-c2ccc(F)c(C(F)(F)F)c2)cc1OC. The number of nitrogens with one attached hydrogen (secondary N) is 1. The maximum Gasteiger partial charge on any atom is 0.419 e. The van der Waals surface area contributed by atoms with Gasteiger partial charge in [-0.25, -0.2) is 17.8 Å². The Morgan fingerprint density at radius 2 is 1.90 bits per heavy atom. The number of hydrogen-bond acceptors (Lipinski definition) is 8. The first kappa shape index (κ1) is 29.2. The molecule has 0 aliphatic heterocycles. The van der Waals surface area contributed by atoms with E-state index in [1.807, 2.05) is 0 Å². The molecule has 0 unspecified atom stereocenters. The minimum absolute atomic E-state index is 0.00442. The smallest absolute Gasteiger partial charge is 0.419 e. The van der Waals surface area contributed by atoms with Crippen molar-refractivity contribution in [2.45, 2.75) is 24.4 Å². The average molecular weight is 616 g/mol. The molecule has 1 N–H and O–H groups in total. The van der Waals surface area contributed by atoms with Crippen molar-refractivity contribution in [1.82, 2.24) is 13.7 Å². The molecule has 0 radical (unpaired) electrons. The van der Waals surface area contributed by atoms with Gasteiger partial charge in [-0.3, -0.25) is 14.4 Å². The van der Waals surface area contributed by atoms with Crippen molar-refractivity contribution in [1.29, 1.82) is 0 Å². The lowest BCUT2D eigenvalue weighted by Gasteiger charge is -2.25. The quantitative estimate of drug-likeness (QED) is 0.232. The maximum absolute atomic E-state index is 13.8. The predicted molar refractivity (Wildman–Crippen MR) is 141 cm³/mol. The number of amides is 1. The molecule has 4 aromatic rings. The van der Waals surface area contributed by atoms with E-state index in [0.717, 1.165) is 28.9 Å². The molecule has 0 aliphatic carbocycles.